The Morgan fingerprint density at radius 3 is 2.25 bits per heavy atom. The predicted molar refractivity (Wildman–Crippen MR) is 155 cm³/mol. The van der Waals surface area contributed by atoms with Crippen molar-refractivity contribution in [2.24, 2.45) is 0 Å². The summed E-state index contributed by atoms with van der Waals surface area (Å²) in [4.78, 5) is 11.2. The number of nitrogens with one attached hydrogen (secondary N) is 1. The molecule has 0 saturated heterocycles. The first kappa shape index (κ1) is 27.0. The van der Waals surface area contributed by atoms with Crippen molar-refractivity contribution in [3.8, 4) is 0 Å². The van der Waals surface area contributed by atoms with Crippen molar-refractivity contribution in [3.63, 3.8) is 0 Å². The van der Waals surface area contributed by atoms with Crippen LogP contribution in [0.3, 0.4) is 0 Å². The Morgan fingerprint density at radius 2 is 1.61 bits per heavy atom. The average Bonchev–Trinajstić information content (AvgIpc) is 2.86. The van der Waals surface area contributed by atoms with E-state index in [4.69, 9.17) is 0 Å². The first-order chi connectivity index (χ1) is 17.2. The van der Waals surface area contributed by atoms with Crippen LogP contribution in [0.4, 0.5) is 0 Å². The highest BCUT2D eigenvalue weighted by atomic mass is 32.2. The topological polar surface area (TPSA) is 49.3 Å². The summed E-state index contributed by atoms with van der Waals surface area (Å²) in [6, 6.07) is 12.8. The molecule has 4 rings (SSSR count). The van der Waals surface area contributed by atoms with Crippen molar-refractivity contribution in [1.29, 1.82) is 0 Å². The lowest BCUT2D eigenvalue weighted by molar-refractivity contribution is 0.0697. The summed E-state index contributed by atoms with van der Waals surface area (Å²) in [6.45, 7) is 10.6. The zero-order valence-corrected chi connectivity index (χ0v) is 23.3. The number of hydrogen-bond acceptors (Lipinski definition) is 3. The Kier molecular flexibility index (Phi) is 8.67. The van der Waals surface area contributed by atoms with Gasteiger partial charge in [-0.05, 0) is 76.5 Å². The molecule has 2 aromatic carbocycles. The van der Waals surface area contributed by atoms with Crippen LogP contribution in [0.25, 0.3) is 12.2 Å². The lowest BCUT2D eigenvalue weighted by atomic mass is 9.62. The maximum absolute atomic E-state index is 11.2. The number of benzene rings is 2. The van der Waals surface area contributed by atoms with Gasteiger partial charge in [-0.25, -0.2) is 4.79 Å². The van der Waals surface area contributed by atoms with E-state index in [1.165, 1.54) is 67.2 Å². The van der Waals surface area contributed by atoms with Crippen LogP contribution in [0.15, 0.2) is 36.4 Å². The van der Waals surface area contributed by atoms with Crippen molar-refractivity contribution in [1.82, 2.24) is 5.32 Å². The Morgan fingerprint density at radius 1 is 0.972 bits per heavy atom. The number of fused-ring (bicyclic) bond motifs is 1. The Bertz CT molecular complexity index is 1080. The maximum Gasteiger partial charge on any atom is 0.335 e. The van der Waals surface area contributed by atoms with E-state index in [0.717, 1.165) is 29.7 Å². The third kappa shape index (κ3) is 6.63. The standard InChI is InChI=1S/C32H43NO2S/c1-31(2)16-17-32(3,4)29-21-26(22-36-19-18-33-27-8-6-5-7-9-27)25(20-28(29)31)15-12-23-10-13-24(14-11-23)30(34)35/h10-15,20-21,27,33H,5-9,16-19,22H2,1-4H3,(H,34,35). The number of aromatic carboxylic acids is 1. The van der Waals surface area contributed by atoms with E-state index in [9.17, 15) is 9.90 Å². The van der Waals surface area contributed by atoms with Gasteiger partial charge in [0.1, 0.15) is 0 Å². The molecule has 0 heterocycles. The van der Waals surface area contributed by atoms with Gasteiger partial charge in [-0.15, -0.1) is 0 Å². The molecule has 0 amide bonds. The molecule has 2 N–H and O–H groups in total. The number of carbonyl (C=O) groups is 1. The molecule has 1 saturated carbocycles. The Labute approximate surface area is 222 Å². The van der Waals surface area contributed by atoms with Gasteiger partial charge < -0.3 is 10.4 Å². The van der Waals surface area contributed by atoms with Crippen molar-refractivity contribution in [2.45, 2.75) is 95.3 Å². The molecule has 36 heavy (non-hydrogen) atoms. The van der Waals surface area contributed by atoms with Crippen LogP contribution in [0.2, 0.25) is 0 Å². The average molecular weight is 506 g/mol. The van der Waals surface area contributed by atoms with Gasteiger partial charge in [-0.2, -0.15) is 11.8 Å². The van der Waals surface area contributed by atoms with Gasteiger partial charge >= 0.3 is 5.97 Å². The fourth-order valence-electron chi connectivity index (χ4n) is 5.70. The first-order valence-corrected chi connectivity index (χ1v) is 14.8. The van der Waals surface area contributed by atoms with Crippen LogP contribution in [-0.4, -0.2) is 29.4 Å². The number of carboxylic acids is 1. The first-order valence-electron chi connectivity index (χ1n) is 13.7. The second kappa shape index (κ2) is 11.6. The molecule has 0 bridgehead atoms. The molecular formula is C32H43NO2S. The minimum Gasteiger partial charge on any atom is -0.478 e. The van der Waals surface area contributed by atoms with Crippen LogP contribution in [-0.2, 0) is 16.6 Å². The monoisotopic (exact) mass is 505 g/mol. The molecule has 0 unspecified atom stereocenters. The highest BCUT2D eigenvalue weighted by Crippen LogP contribution is 2.47. The summed E-state index contributed by atoms with van der Waals surface area (Å²) >= 11 is 2.02. The fourth-order valence-corrected chi connectivity index (χ4v) is 6.58. The molecule has 2 aliphatic rings. The minimum absolute atomic E-state index is 0.173. The lowest BCUT2D eigenvalue weighted by Crippen LogP contribution is -2.34. The molecule has 2 aromatic rings. The SMILES string of the molecule is CC1(C)CCC(C)(C)c2cc(CSCCNC3CCCCC3)c(C=Cc3ccc(C(=O)O)cc3)cc21. The van der Waals surface area contributed by atoms with E-state index in [1.54, 1.807) is 12.1 Å². The van der Waals surface area contributed by atoms with E-state index in [1.807, 2.05) is 23.9 Å². The van der Waals surface area contributed by atoms with Gasteiger partial charge in [-0.1, -0.05) is 83.4 Å². The molecular weight excluding hydrogens is 462 g/mol. The Hall–Kier alpha value is -2.04. The minimum atomic E-state index is -0.887. The molecule has 3 nitrogen and oxygen atoms in total. The van der Waals surface area contributed by atoms with Crippen LogP contribution < -0.4 is 5.32 Å². The molecule has 194 valence electrons. The molecule has 0 aromatic heterocycles. The fraction of sp³-hybridized carbons (Fsp3) is 0.531. The van der Waals surface area contributed by atoms with Crippen molar-refractivity contribution in [2.75, 3.05) is 12.3 Å². The third-order valence-electron chi connectivity index (χ3n) is 8.27. The second-order valence-electron chi connectivity index (χ2n) is 12.0. The van der Waals surface area contributed by atoms with Crippen molar-refractivity contribution < 1.29 is 9.90 Å². The molecule has 4 heteroatoms. The van der Waals surface area contributed by atoms with Crippen LogP contribution in [0, 0.1) is 0 Å². The normalized spacial score (nSPS) is 19.3. The van der Waals surface area contributed by atoms with Gasteiger partial charge in [0, 0.05) is 24.1 Å². The second-order valence-corrected chi connectivity index (χ2v) is 13.1. The summed E-state index contributed by atoms with van der Waals surface area (Å²) in [5.74, 6) is 1.25. The molecule has 1 fully saturated rings. The zero-order valence-electron chi connectivity index (χ0n) is 22.5. The van der Waals surface area contributed by atoms with E-state index < -0.39 is 5.97 Å². The lowest BCUT2D eigenvalue weighted by Gasteiger charge is -2.42. The molecule has 2 aliphatic carbocycles. The van der Waals surface area contributed by atoms with Gasteiger partial charge in [-0.3, -0.25) is 0 Å². The van der Waals surface area contributed by atoms with E-state index in [-0.39, 0.29) is 10.8 Å². The highest BCUT2D eigenvalue weighted by Gasteiger charge is 2.37. The van der Waals surface area contributed by atoms with Crippen molar-refractivity contribution in [3.05, 3.63) is 69.8 Å². The summed E-state index contributed by atoms with van der Waals surface area (Å²) in [5, 5.41) is 13.0. The zero-order chi connectivity index (χ0) is 25.8. The van der Waals surface area contributed by atoms with Crippen LogP contribution in [0.1, 0.15) is 111 Å². The quantitative estimate of drug-likeness (QED) is 0.267. The number of thioether (sulfide) groups is 1. The summed E-state index contributed by atoms with van der Waals surface area (Å²) in [6.07, 6.45) is 13.6. The van der Waals surface area contributed by atoms with Gasteiger partial charge in [0.25, 0.3) is 0 Å². The summed E-state index contributed by atoms with van der Waals surface area (Å²) in [5.41, 5.74) is 7.39. The summed E-state index contributed by atoms with van der Waals surface area (Å²) < 4.78 is 0. The Balaban J connectivity index is 1.54. The molecule has 0 spiro atoms. The maximum atomic E-state index is 11.2. The largest absolute Gasteiger partial charge is 0.478 e. The smallest absolute Gasteiger partial charge is 0.335 e. The summed E-state index contributed by atoms with van der Waals surface area (Å²) in [7, 11) is 0. The number of rotatable bonds is 9. The van der Waals surface area contributed by atoms with Crippen molar-refractivity contribution >= 4 is 29.9 Å². The van der Waals surface area contributed by atoms with Gasteiger partial charge in [0.2, 0.25) is 0 Å². The van der Waals surface area contributed by atoms with Crippen LogP contribution >= 0.6 is 11.8 Å². The van der Waals surface area contributed by atoms with E-state index >= 15 is 0 Å². The number of hydrogen-bond donors (Lipinski definition) is 2. The molecule has 0 atom stereocenters. The third-order valence-corrected chi connectivity index (χ3v) is 9.28. The molecule has 0 aliphatic heterocycles. The van der Waals surface area contributed by atoms with Gasteiger partial charge in [0.15, 0.2) is 0 Å². The van der Waals surface area contributed by atoms with E-state index in [0.29, 0.717) is 5.56 Å². The van der Waals surface area contributed by atoms with E-state index in [2.05, 4.69) is 57.3 Å². The van der Waals surface area contributed by atoms with Crippen LogP contribution in [0.5, 0.6) is 0 Å². The molecule has 0 radical (unpaired) electrons. The highest BCUT2D eigenvalue weighted by molar-refractivity contribution is 7.98. The predicted octanol–water partition coefficient (Wildman–Crippen LogP) is 8.06. The number of carboxylic acid groups (broad SMARTS) is 1. The van der Waals surface area contributed by atoms with Gasteiger partial charge in [0.05, 0.1) is 5.56 Å².